The zero-order valence-electron chi connectivity index (χ0n) is 12.7. The van der Waals surface area contributed by atoms with E-state index in [2.05, 4.69) is 4.99 Å². The van der Waals surface area contributed by atoms with Crippen molar-refractivity contribution in [3.63, 3.8) is 0 Å². The Morgan fingerprint density at radius 2 is 2.05 bits per heavy atom. The number of carbonyl (C=O) groups is 1. The van der Waals surface area contributed by atoms with E-state index >= 15 is 0 Å². The first-order chi connectivity index (χ1) is 9.44. The van der Waals surface area contributed by atoms with Gasteiger partial charge in [-0.05, 0) is 50.8 Å². The second kappa shape index (κ2) is 7.25. The van der Waals surface area contributed by atoms with E-state index in [1.54, 1.807) is 6.20 Å². The standard InChI is InChI=1S/C16H21ClN2O/c1-6-11(3)15(17)18-16(12(4)7-2)19-8-13(5)14(9-19)10-20/h7-10H,6H2,1-5H3. The van der Waals surface area contributed by atoms with E-state index in [-0.39, 0.29) is 0 Å². The molecule has 1 aromatic rings. The number of aliphatic imine (C=N–C) groups is 1. The van der Waals surface area contributed by atoms with Gasteiger partial charge < -0.3 is 4.57 Å². The van der Waals surface area contributed by atoms with Gasteiger partial charge in [0.1, 0.15) is 11.0 Å². The van der Waals surface area contributed by atoms with Crippen molar-refractivity contribution in [1.82, 2.24) is 4.57 Å². The first-order valence-corrected chi connectivity index (χ1v) is 7.03. The number of allylic oxidation sites excluding steroid dienone is 3. The van der Waals surface area contributed by atoms with Crippen molar-refractivity contribution in [2.75, 3.05) is 0 Å². The third kappa shape index (κ3) is 3.70. The lowest BCUT2D eigenvalue weighted by Crippen LogP contribution is -2.11. The summed E-state index contributed by atoms with van der Waals surface area (Å²) < 4.78 is 1.85. The van der Waals surface area contributed by atoms with Gasteiger partial charge in [-0.15, -0.1) is 0 Å². The van der Waals surface area contributed by atoms with Gasteiger partial charge in [-0.2, -0.15) is 0 Å². The molecule has 0 bridgehead atoms. The molecular weight excluding hydrogens is 272 g/mol. The lowest BCUT2D eigenvalue weighted by atomic mass is 10.2. The van der Waals surface area contributed by atoms with E-state index in [4.69, 9.17) is 11.6 Å². The van der Waals surface area contributed by atoms with E-state index in [1.165, 1.54) is 0 Å². The Labute approximate surface area is 125 Å². The van der Waals surface area contributed by atoms with Gasteiger partial charge in [-0.25, -0.2) is 4.99 Å². The molecule has 0 saturated carbocycles. The van der Waals surface area contributed by atoms with E-state index in [0.29, 0.717) is 10.7 Å². The number of hydrogen-bond donors (Lipinski definition) is 0. The fourth-order valence-corrected chi connectivity index (χ4v) is 1.84. The maximum absolute atomic E-state index is 11.0. The number of carbonyl (C=O) groups excluding carboxylic acids is 1. The second-order valence-corrected chi connectivity index (χ2v) is 5.11. The lowest BCUT2D eigenvalue weighted by molar-refractivity contribution is 0.112. The number of nitrogens with zero attached hydrogens (tertiary/aromatic N) is 2. The minimum Gasteiger partial charge on any atom is -0.307 e. The summed E-state index contributed by atoms with van der Waals surface area (Å²) in [5, 5.41) is 0.503. The molecule has 108 valence electrons. The van der Waals surface area contributed by atoms with Crippen LogP contribution in [0.25, 0.3) is 0 Å². The number of rotatable bonds is 4. The van der Waals surface area contributed by atoms with Crippen molar-refractivity contribution in [3.05, 3.63) is 45.9 Å². The molecule has 0 aliphatic carbocycles. The minimum atomic E-state index is 0.503. The highest BCUT2D eigenvalue weighted by Crippen LogP contribution is 2.17. The van der Waals surface area contributed by atoms with Crippen LogP contribution < -0.4 is 0 Å². The van der Waals surface area contributed by atoms with Crippen molar-refractivity contribution in [2.24, 2.45) is 4.99 Å². The fraction of sp³-hybridized carbons (Fsp3) is 0.375. The van der Waals surface area contributed by atoms with Gasteiger partial charge in [0.15, 0.2) is 6.29 Å². The summed E-state index contributed by atoms with van der Waals surface area (Å²) in [5.74, 6) is 0.738. The molecule has 0 aliphatic rings. The molecule has 4 heteroatoms. The predicted octanol–water partition coefficient (Wildman–Crippen LogP) is 4.70. The van der Waals surface area contributed by atoms with E-state index < -0.39 is 0 Å². The molecule has 0 aromatic carbocycles. The summed E-state index contributed by atoms with van der Waals surface area (Å²) in [4.78, 5) is 15.5. The molecule has 0 unspecified atom stereocenters. The van der Waals surface area contributed by atoms with Gasteiger partial charge in [0.2, 0.25) is 0 Å². The normalized spacial score (nSPS) is 14.3. The van der Waals surface area contributed by atoms with Crippen LogP contribution in [0.5, 0.6) is 0 Å². The van der Waals surface area contributed by atoms with Crippen LogP contribution in [0.1, 0.15) is 50.0 Å². The average molecular weight is 293 g/mol. The largest absolute Gasteiger partial charge is 0.307 e. The molecular formula is C16H21ClN2O. The minimum absolute atomic E-state index is 0.503. The van der Waals surface area contributed by atoms with Crippen LogP contribution in [0.2, 0.25) is 0 Å². The molecule has 0 radical (unpaired) electrons. The third-order valence-electron chi connectivity index (χ3n) is 3.31. The summed E-state index contributed by atoms with van der Waals surface area (Å²) in [6, 6.07) is 0. The Balaban J connectivity index is 3.40. The second-order valence-electron chi connectivity index (χ2n) is 4.75. The van der Waals surface area contributed by atoms with Crippen LogP contribution in [0, 0.1) is 6.92 Å². The molecule has 0 spiro atoms. The monoisotopic (exact) mass is 292 g/mol. The first kappa shape index (κ1) is 16.4. The van der Waals surface area contributed by atoms with Gasteiger partial charge in [-0.1, -0.05) is 24.6 Å². The molecule has 3 nitrogen and oxygen atoms in total. The average Bonchev–Trinajstić information content (AvgIpc) is 2.83. The van der Waals surface area contributed by atoms with Gasteiger partial charge in [0, 0.05) is 18.0 Å². The van der Waals surface area contributed by atoms with Crippen LogP contribution in [0.3, 0.4) is 0 Å². The molecule has 1 heterocycles. The Hall–Kier alpha value is -1.61. The highest BCUT2D eigenvalue weighted by atomic mass is 35.5. The van der Waals surface area contributed by atoms with E-state index in [9.17, 15) is 4.79 Å². The van der Waals surface area contributed by atoms with Gasteiger partial charge in [-0.3, -0.25) is 4.79 Å². The van der Waals surface area contributed by atoms with Crippen LogP contribution >= 0.6 is 11.6 Å². The first-order valence-electron chi connectivity index (χ1n) is 6.65. The lowest BCUT2D eigenvalue weighted by Gasteiger charge is -2.09. The molecule has 1 rings (SSSR count). The van der Waals surface area contributed by atoms with Crippen molar-refractivity contribution in [2.45, 2.75) is 41.0 Å². The Morgan fingerprint density at radius 3 is 2.50 bits per heavy atom. The number of halogens is 1. The topological polar surface area (TPSA) is 34.4 Å². The van der Waals surface area contributed by atoms with Crippen molar-refractivity contribution in [1.29, 1.82) is 0 Å². The van der Waals surface area contributed by atoms with Crippen LogP contribution in [0.15, 0.2) is 39.8 Å². The quantitative estimate of drug-likeness (QED) is 0.343. The molecule has 0 N–H and O–H groups in total. The van der Waals surface area contributed by atoms with Gasteiger partial charge in [0.25, 0.3) is 0 Å². The highest BCUT2D eigenvalue weighted by Gasteiger charge is 2.10. The van der Waals surface area contributed by atoms with E-state index in [1.807, 2.05) is 51.5 Å². The van der Waals surface area contributed by atoms with E-state index in [0.717, 1.165) is 35.3 Å². The summed E-state index contributed by atoms with van der Waals surface area (Å²) in [6.07, 6.45) is 7.35. The van der Waals surface area contributed by atoms with Crippen LogP contribution in [-0.4, -0.2) is 16.7 Å². The zero-order chi connectivity index (χ0) is 15.3. The van der Waals surface area contributed by atoms with Crippen molar-refractivity contribution in [3.8, 4) is 0 Å². The number of hydrogen-bond acceptors (Lipinski definition) is 2. The predicted molar refractivity (Wildman–Crippen MR) is 85.7 cm³/mol. The zero-order valence-corrected chi connectivity index (χ0v) is 13.5. The number of aldehydes is 1. The molecule has 0 aliphatic heterocycles. The van der Waals surface area contributed by atoms with Crippen LogP contribution in [0.4, 0.5) is 0 Å². The van der Waals surface area contributed by atoms with Gasteiger partial charge in [0.05, 0.1) is 0 Å². The Bertz CT molecular complexity index is 592. The highest BCUT2D eigenvalue weighted by molar-refractivity contribution is 6.30. The van der Waals surface area contributed by atoms with Crippen LogP contribution in [-0.2, 0) is 0 Å². The third-order valence-corrected chi connectivity index (χ3v) is 3.72. The fourth-order valence-electron chi connectivity index (χ4n) is 1.63. The maximum atomic E-state index is 11.0. The number of aryl methyl sites for hydroxylation is 1. The summed E-state index contributed by atoms with van der Waals surface area (Å²) in [5.41, 5.74) is 3.62. The molecule has 0 fully saturated rings. The van der Waals surface area contributed by atoms with Crippen molar-refractivity contribution < 1.29 is 4.79 Å². The SMILES string of the molecule is CC=C(C)C(=NC(Cl)=C(C)CC)n1cc(C)c(C=O)c1. The molecule has 0 saturated heterocycles. The molecule has 0 atom stereocenters. The maximum Gasteiger partial charge on any atom is 0.151 e. The number of aromatic nitrogens is 1. The molecule has 20 heavy (non-hydrogen) atoms. The summed E-state index contributed by atoms with van der Waals surface area (Å²) >= 11 is 6.24. The molecule has 0 amide bonds. The summed E-state index contributed by atoms with van der Waals surface area (Å²) in [6.45, 7) is 9.83. The Morgan fingerprint density at radius 1 is 1.40 bits per heavy atom. The Kier molecular flexibility index (Phi) is 5.96. The summed E-state index contributed by atoms with van der Waals surface area (Å²) in [7, 11) is 0. The smallest absolute Gasteiger partial charge is 0.151 e. The van der Waals surface area contributed by atoms with Crippen molar-refractivity contribution >= 4 is 23.7 Å². The molecule has 1 aromatic heterocycles. The van der Waals surface area contributed by atoms with Gasteiger partial charge >= 0.3 is 0 Å².